The Hall–Kier alpha value is -0.870. The third kappa shape index (κ3) is 3.21. The average molecular weight is 166 g/mol. The van der Waals surface area contributed by atoms with Crippen LogP contribution in [0.2, 0.25) is 0 Å². The highest BCUT2D eigenvalue weighted by atomic mass is 35.5. The summed E-state index contributed by atoms with van der Waals surface area (Å²) >= 11 is 0. The minimum Gasteiger partial charge on any atom is -0.478 e. The quantitative estimate of drug-likeness (QED) is 0.338. The molecule has 0 fully saturated rings. The number of carbonyl (C=O) groups is 2. The Morgan fingerprint density at radius 1 is 1.50 bits per heavy atom. The fourth-order valence-corrected chi connectivity index (χ4v) is 0.242. The van der Waals surface area contributed by atoms with E-state index in [1.54, 1.807) is 0 Å². The molecule has 0 aromatic rings. The normalized spacial score (nSPS) is 7.70. The maximum Gasteiger partial charge on any atom is 0.338 e. The van der Waals surface area contributed by atoms with E-state index in [1.807, 2.05) is 0 Å². The van der Waals surface area contributed by atoms with Gasteiger partial charge in [0.15, 0.2) is 5.78 Å². The first-order valence-electron chi connectivity index (χ1n) is 2.25. The first kappa shape index (κ1) is 11.9. The predicted molar refractivity (Wildman–Crippen MR) is 38.1 cm³/mol. The third-order valence-corrected chi connectivity index (χ3v) is 0.780. The van der Waals surface area contributed by atoms with E-state index in [4.69, 9.17) is 10.8 Å². The van der Waals surface area contributed by atoms with Crippen molar-refractivity contribution in [1.29, 1.82) is 0 Å². The second kappa shape index (κ2) is 4.96. The molecule has 0 radical (unpaired) electrons. The Labute approximate surface area is 64.1 Å². The minimum absolute atomic E-state index is 0. The second-order valence-electron chi connectivity index (χ2n) is 1.41. The molecule has 0 atom stereocenters. The molecule has 0 heterocycles. The van der Waals surface area contributed by atoms with Crippen LogP contribution in [-0.4, -0.2) is 23.4 Å². The molecule has 0 aromatic heterocycles. The van der Waals surface area contributed by atoms with Gasteiger partial charge < -0.3 is 10.8 Å². The summed E-state index contributed by atoms with van der Waals surface area (Å²) in [6, 6.07) is 0. The zero-order valence-corrected chi connectivity index (χ0v) is 5.98. The van der Waals surface area contributed by atoms with Crippen molar-refractivity contribution in [1.82, 2.24) is 0 Å². The van der Waals surface area contributed by atoms with Crippen LogP contribution in [0.1, 0.15) is 0 Å². The molecule has 10 heavy (non-hydrogen) atoms. The second-order valence-corrected chi connectivity index (χ2v) is 1.41. The summed E-state index contributed by atoms with van der Waals surface area (Å²) in [7, 11) is 0. The molecular weight excluding hydrogens is 158 g/mol. The van der Waals surface area contributed by atoms with Crippen molar-refractivity contribution in [2.45, 2.75) is 0 Å². The molecule has 0 saturated heterocycles. The number of rotatable bonds is 3. The number of Topliss-reactive ketones (excluding diaryl/α,β-unsaturated/α-hetero) is 1. The van der Waals surface area contributed by atoms with Gasteiger partial charge in [0.05, 0.1) is 12.1 Å². The van der Waals surface area contributed by atoms with Crippen LogP contribution < -0.4 is 5.73 Å². The van der Waals surface area contributed by atoms with Crippen molar-refractivity contribution >= 4 is 24.2 Å². The van der Waals surface area contributed by atoms with Gasteiger partial charge in [-0.1, -0.05) is 6.58 Å². The van der Waals surface area contributed by atoms with Crippen molar-refractivity contribution in [2.75, 3.05) is 6.54 Å². The molecule has 0 saturated carbocycles. The van der Waals surface area contributed by atoms with Gasteiger partial charge in [0.1, 0.15) is 0 Å². The van der Waals surface area contributed by atoms with Crippen molar-refractivity contribution in [3.8, 4) is 0 Å². The first-order chi connectivity index (χ1) is 4.09. The van der Waals surface area contributed by atoms with Crippen LogP contribution in [0.15, 0.2) is 12.2 Å². The summed E-state index contributed by atoms with van der Waals surface area (Å²) in [6.07, 6.45) is 0. The highest BCUT2D eigenvalue weighted by Gasteiger charge is 2.10. The van der Waals surface area contributed by atoms with Crippen LogP contribution in [0.25, 0.3) is 0 Å². The highest BCUT2D eigenvalue weighted by molar-refractivity contribution is 6.16. The van der Waals surface area contributed by atoms with Gasteiger partial charge in [-0.3, -0.25) is 4.79 Å². The van der Waals surface area contributed by atoms with Crippen LogP contribution >= 0.6 is 12.4 Å². The number of hydrogen-bond acceptors (Lipinski definition) is 3. The molecule has 0 bridgehead atoms. The van der Waals surface area contributed by atoms with E-state index in [-0.39, 0.29) is 19.0 Å². The largest absolute Gasteiger partial charge is 0.478 e. The molecule has 0 spiro atoms. The lowest BCUT2D eigenvalue weighted by molar-refractivity contribution is -0.134. The van der Waals surface area contributed by atoms with Crippen LogP contribution in [0.4, 0.5) is 0 Å². The molecule has 58 valence electrons. The predicted octanol–water partition coefficient (Wildman–Crippen LogP) is -0.423. The van der Waals surface area contributed by atoms with Gasteiger partial charge in [-0.15, -0.1) is 12.4 Å². The standard InChI is InChI=1S/C5H7NO3.ClH/c1-3(5(8)9)4(7)2-6;/h1-2,6H2,(H,8,9);1H. The van der Waals surface area contributed by atoms with Crippen molar-refractivity contribution in [2.24, 2.45) is 5.73 Å². The lowest BCUT2D eigenvalue weighted by atomic mass is 10.2. The average Bonchev–Trinajstić information content (AvgIpc) is 1.84. The number of nitrogens with two attached hydrogens (primary N) is 1. The Kier molecular flexibility index (Phi) is 5.89. The maximum atomic E-state index is 10.3. The van der Waals surface area contributed by atoms with Gasteiger partial charge in [0, 0.05) is 0 Å². The molecule has 5 heteroatoms. The Bertz CT molecular complexity index is 166. The van der Waals surface area contributed by atoms with Crippen molar-refractivity contribution in [3.63, 3.8) is 0 Å². The molecule has 0 aromatic carbocycles. The van der Waals surface area contributed by atoms with Crippen LogP contribution in [-0.2, 0) is 9.59 Å². The molecule has 0 unspecified atom stereocenters. The Morgan fingerprint density at radius 3 is 2.00 bits per heavy atom. The number of carboxylic acid groups (broad SMARTS) is 1. The summed E-state index contributed by atoms with van der Waals surface area (Å²) in [6.45, 7) is 2.70. The van der Waals surface area contributed by atoms with E-state index in [2.05, 4.69) is 6.58 Å². The van der Waals surface area contributed by atoms with Gasteiger partial charge >= 0.3 is 5.97 Å². The fraction of sp³-hybridized carbons (Fsp3) is 0.200. The van der Waals surface area contributed by atoms with Gasteiger partial charge in [0.25, 0.3) is 0 Å². The third-order valence-electron chi connectivity index (χ3n) is 0.780. The maximum absolute atomic E-state index is 10.3. The van der Waals surface area contributed by atoms with Gasteiger partial charge in [-0.2, -0.15) is 0 Å². The minimum atomic E-state index is -1.31. The lowest BCUT2D eigenvalue weighted by Gasteiger charge is -1.92. The van der Waals surface area contributed by atoms with Gasteiger partial charge in [-0.25, -0.2) is 4.79 Å². The highest BCUT2D eigenvalue weighted by Crippen LogP contribution is 1.88. The van der Waals surface area contributed by atoms with E-state index < -0.39 is 17.3 Å². The van der Waals surface area contributed by atoms with Crippen molar-refractivity contribution < 1.29 is 14.7 Å². The Balaban J connectivity index is 0. The molecule has 0 aliphatic heterocycles. The van der Waals surface area contributed by atoms with Crippen LogP contribution in [0, 0.1) is 0 Å². The molecular formula is C5H8ClNO3. The van der Waals surface area contributed by atoms with Gasteiger partial charge in [0.2, 0.25) is 0 Å². The summed E-state index contributed by atoms with van der Waals surface area (Å²) in [5.41, 5.74) is 4.38. The number of carboxylic acids is 1. The van der Waals surface area contributed by atoms with Gasteiger partial charge in [-0.05, 0) is 0 Å². The summed E-state index contributed by atoms with van der Waals surface area (Å²) in [5.74, 6) is -1.95. The Morgan fingerprint density at radius 2 is 1.90 bits per heavy atom. The molecule has 3 N–H and O–H groups in total. The van der Waals surface area contributed by atoms with E-state index >= 15 is 0 Å². The summed E-state index contributed by atoms with van der Waals surface area (Å²) in [5, 5.41) is 8.11. The van der Waals surface area contributed by atoms with E-state index in [0.717, 1.165) is 0 Å². The smallest absolute Gasteiger partial charge is 0.338 e. The lowest BCUT2D eigenvalue weighted by Crippen LogP contribution is -2.19. The monoisotopic (exact) mass is 165 g/mol. The SMILES string of the molecule is C=C(C(=O)O)C(=O)CN.Cl. The summed E-state index contributed by atoms with van der Waals surface area (Å²) < 4.78 is 0. The fourth-order valence-electron chi connectivity index (χ4n) is 0.242. The van der Waals surface area contributed by atoms with E-state index in [1.165, 1.54) is 0 Å². The number of aliphatic carboxylic acids is 1. The van der Waals surface area contributed by atoms with Crippen LogP contribution in [0.5, 0.6) is 0 Å². The molecule has 0 aliphatic carbocycles. The van der Waals surface area contributed by atoms with E-state index in [9.17, 15) is 9.59 Å². The number of hydrogen-bond donors (Lipinski definition) is 2. The number of ketones is 1. The van der Waals surface area contributed by atoms with Crippen molar-refractivity contribution in [3.05, 3.63) is 12.2 Å². The first-order valence-corrected chi connectivity index (χ1v) is 2.25. The molecule has 4 nitrogen and oxygen atoms in total. The number of carbonyl (C=O) groups excluding carboxylic acids is 1. The zero-order chi connectivity index (χ0) is 7.44. The number of halogens is 1. The van der Waals surface area contributed by atoms with E-state index in [0.29, 0.717) is 0 Å². The topological polar surface area (TPSA) is 80.4 Å². The molecule has 0 aliphatic rings. The zero-order valence-electron chi connectivity index (χ0n) is 5.16. The van der Waals surface area contributed by atoms with Crippen LogP contribution in [0.3, 0.4) is 0 Å². The molecule has 0 amide bonds. The molecule has 0 rings (SSSR count). The summed E-state index contributed by atoms with van der Waals surface area (Å²) in [4.78, 5) is 20.3.